The Labute approximate surface area is 131 Å². The molecule has 0 aliphatic carbocycles. The number of hydrogen-bond donors (Lipinski definition) is 1. The number of carbonyl (C=O) groups excluding carboxylic acids is 2. The van der Waals surface area contributed by atoms with Crippen molar-refractivity contribution in [1.29, 1.82) is 0 Å². The van der Waals surface area contributed by atoms with Crippen molar-refractivity contribution < 1.29 is 14.3 Å². The molecule has 1 aliphatic rings. The number of nitrogens with zero attached hydrogens (tertiary/aromatic N) is 1. The van der Waals surface area contributed by atoms with E-state index in [9.17, 15) is 9.59 Å². The molecule has 1 aromatic carbocycles. The number of anilines is 1. The molecule has 1 atom stereocenters. The average molecular weight is 304 g/mol. The van der Waals surface area contributed by atoms with Gasteiger partial charge in [-0.15, -0.1) is 0 Å². The molecular formula is C17H24N2O3. The second-order valence-electron chi connectivity index (χ2n) is 6.82. The lowest BCUT2D eigenvalue weighted by Crippen LogP contribution is -2.44. The lowest BCUT2D eigenvalue weighted by atomic mass is 10.0. The smallest absolute Gasteiger partial charge is 0.227 e. The van der Waals surface area contributed by atoms with Crippen LogP contribution in [0, 0.1) is 12.8 Å². The van der Waals surface area contributed by atoms with E-state index in [2.05, 4.69) is 5.32 Å². The molecule has 2 amide bonds. The Kier molecular flexibility index (Phi) is 4.44. The first-order valence-electron chi connectivity index (χ1n) is 7.48. The number of carbonyl (C=O) groups is 2. The third-order valence-corrected chi connectivity index (χ3v) is 3.62. The van der Waals surface area contributed by atoms with Gasteiger partial charge in [-0.2, -0.15) is 0 Å². The minimum absolute atomic E-state index is 0.0436. The van der Waals surface area contributed by atoms with Gasteiger partial charge in [-0.25, -0.2) is 0 Å². The number of aryl methyl sites for hydroxylation is 1. The van der Waals surface area contributed by atoms with Crippen LogP contribution in [0.3, 0.4) is 0 Å². The second kappa shape index (κ2) is 5.99. The fourth-order valence-electron chi connectivity index (χ4n) is 2.60. The standard InChI is InChI=1S/C17H24N2O3/c1-11-6-7-14(22-5)13(8-11)19-10-12(9-15(19)20)16(21)18-17(2,3)4/h6-8,12H,9-10H2,1-5H3,(H,18,21). The molecular weight excluding hydrogens is 280 g/mol. The minimum Gasteiger partial charge on any atom is -0.495 e. The maximum atomic E-state index is 12.3. The number of rotatable bonds is 3. The van der Waals surface area contributed by atoms with Crippen LogP contribution >= 0.6 is 0 Å². The van der Waals surface area contributed by atoms with Gasteiger partial charge < -0.3 is 15.0 Å². The van der Waals surface area contributed by atoms with Gasteiger partial charge in [-0.05, 0) is 45.4 Å². The van der Waals surface area contributed by atoms with Gasteiger partial charge in [0.1, 0.15) is 5.75 Å². The summed E-state index contributed by atoms with van der Waals surface area (Å²) in [6.07, 6.45) is 0.235. The monoisotopic (exact) mass is 304 g/mol. The van der Waals surface area contributed by atoms with Crippen LogP contribution < -0.4 is 15.0 Å². The first-order chi connectivity index (χ1) is 10.2. The van der Waals surface area contributed by atoms with E-state index in [4.69, 9.17) is 4.74 Å². The van der Waals surface area contributed by atoms with Gasteiger partial charge in [0.2, 0.25) is 11.8 Å². The van der Waals surface area contributed by atoms with Crippen LogP contribution in [-0.4, -0.2) is 31.0 Å². The summed E-state index contributed by atoms with van der Waals surface area (Å²) in [6.45, 7) is 8.16. The van der Waals surface area contributed by atoms with E-state index in [1.807, 2.05) is 45.9 Å². The molecule has 120 valence electrons. The Bertz CT molecular complexity index is 590. The van der Waals surface area contributed by atoms with Gasteiger partial charge in [-0.1, -0.05) is 6.07 Å². The normalized spacial score (nSPS) is 18.5. The highest BCUT2D eigenvalue weighted by Crippen LogP contribution is 2.34. The SMILES string of the molecule is COc1ccc(C)cc1N1CC(C(=O)NC(C)(C)C)CC1=O. The van der Waals surface area contributed by atoms with Crippen molar-refractivity contribution in [2.75, 3.05) is 18.6 Å². The zero-order valence-electron chi connectivity index (χ0n) is 13.9. The molecule has 22 heavy (non-hydrogen) atoms. The van der Waals surface area contributed by atoms with Crippen LogP contribution in [0.2, 0.25) is 0 Å². The number of nitrogens with one attached hydrogen (secondary N) is 1. The zero-order valence-corrected chi connectivity index (χ0v) is 13.9. The van der Waals surface area contributed by atoms with Gasteiger partial charge in [0.05, 0.1) is 18.7 Å². The van der Waals surface area contributed by atoms with Crippen LogP contribution in [-0.2, 0) is 9.59 Å². The third-order valence-electron chi connectivity index (χ3n) is 3.62. The summed E-state index contributed by atoms with van der Waals surface area (Å²) in [6, 6.07) is 5.70. The third kappa shape index (κ3) is 3.59. The largest absolute Gasteiger partial charge is 0.495 e. The van der Waals surface area contributed by atoms with Crippen molar-refractivity contribution in [3.05, 3.63) is 23.8 Å². The molecule has 2 rings (SSSR count). The summed E-state index contributed by atoms with van der Waals surface area (Å²) < 4.78 is 5.34. The summed E-state index contributed by atoms with van der Waals surface area (Å²) >= 11 is 0. The van der Waals surface area contributed by atoms with Crippen LogP contribution in [0.4, 0.5) is 5.69 Å². The van der Waals surface area contributed by atoms with Crippen molar-refractivity contribution in [2.45, 2.75) is 39.7 Å². The number of benzene rings is 1. The molecule has 5 nitrogen and oxygen atoms in total. The van der Waals surface area contributed by atoms with E-state index in [1.165, 1.54) is 0 Å². The molecule has 1 heterocycles. The summed E-state index contributed by atoms with van der Waals surface area (Å²) in [5, 5.41) is 2.94. The van der Waals surface area contributed by atoms with Crippen molar-refractivity contribution in [3.63, 3.8) is 0 Å². The highest BCUT2D eigenvalue weighted by molar-refractivity contribution is 6.01. The number of methoxy groups -OCH3 is 1. The molecule has 1 unspecified atom stereocenters. The lowest BCUT2D eigenvalue weighted by Gasteiger charge is -2.23. The average Bonchev–Trinajstić information content (AvgIpc) is 2.79. The van der Waals surface area contributed by atoms with Crippen LogP contribution in [0.5, 0.6) is 5.75 Å². The van der Waals surface area contributed by atoms with Gasteiger partial charge in [-0.3, -0.25) is 9.59 Å². The molecule has 1 aliphatic heterocycles. The van der Waals surface area contributed by atoms with Gasteiger partial charge in [0.25, 0.3) is 0 Å². The second-order valence-corrected chi connectivity index (χ2v) is 6.82. The molecule has 0 spiro atoms. The summed E-state index contributed by atoms with van der Waals surface area (Å²) in [5.41, 5.74) is 1.49. The maximum absolute atomic E-state index is 12.3. The highest BCUT2D eigenvalue weighted by Gasteiger charge is 2.37. The molecule has 1 saturated heterocycles. The van der Waals surface area contributed by atoms with Gasteiger partial charge >= 0.3 is 0 Å². The van der Waals surface area contributed by atoms with E-state index in [0.29, 0.717) is 12.3 Å². The summed E-state index contributed by atoms with van der Waals surface area (Å²) in [4.78, 5) is 26.3. The van der Waals surface area contributed by atoms with Gasteiger partial charge in [0, 0.05) is 18.5 Å². The lowest BCUT2D eigenvalue weighted by molar-refractivity contribution is -0.127. The Balaban J connectivity index is 2.20. The zero-order chi connectivity index (χ0) is 16.5. The molecule has 1 aromatic rings. The fourth-order valence-corrected chi connectivity index (χ4v) is 2.60. The Hall–Kier alpha value is -2.04. The minimum atomic E-state index is -0.322. The molecule has 1 fully saturated rings. The Morgan fingerprint density at radius 2 is 2.05 bits per heavy atom. The van der Waals surface area contributed by atoms with Crippen molar-refractivity contribution in [2.24, 2.45) is 5.92 Å². The predicted molar refractivity (Wildman–Crippen MR) is 86.1 cm³/mol. The Morgan fingerprint density at radius 1 is 1.36 bits per heavy atom. The number of hydrogen-bond acceptors (Lipinski definition) is 3. The van der Waals surface area contributed by atoms with Crippen molar-refractivity contribution >= 4 is 17.5 Å². The highest BCUT2D eigenvalue weighted by atomic mass is 16.5. The van der Waals surface area contributed by atoms with E-state index in [1.54, 1.807) is 12.0 Å². The molecule has 5 heteroatoms. The van der Waals surface area contributed by atoms with Crippen molar-refractivity contribution in [3.8, 4) is 5.75 Å². The van der Waals surface area contributed by atoms with Crippen molar-refractivity contribution in [1.82, 2.24) is 5.32 Å². The van der Waals surface area contributed by atoms with Crippen LogP contribution in [0.1, 0.15) is 32.8 Å². The van der Waals surface area contributed by atoms with Crippen LogP contribution in [0.25, 0.3) is 0 Å². The molecule has 1 N–H and O–H groups in total. The van der Waals surface area contributed by atoms with E-state index < -0.39 is 0 Å². The molecule has 0 bridgehead atoms. The maximum Gasteiger partial charge on any atom is 0.227 e. The number of ether oxygens (including phenoxy) is 1. The quantitative estimate of drug-likeness (QED) is 0.932. The molecule has 0 radical (unpaired) electrons. The topological polar surface area (TPSA) is 58.6 Å². The molecule has 0 saturated carbocycles. The summed E-state index contributed by atoms with van der Waals surface area (Å²) in [5.74, 6) is 0.209. The first kappa shape index (κ1) is 16.3. The van der Waals surface area contributed by atoms with E-state index in [-0.39, 0.29) is 29.7 Å². The van der Waals surface area contributed by atoms with E-state index >= 15 is 0 Å². The molecule has 0 aromatic heterocycles. The van der Waals surface area contributed by atoms with Gasteiger partial charge in [0.15, 0.2) is 0 Å². The number of amides is 2. The first-order valence-corrected chi connectivity index (χ1v) is 7.48. The summed E-state index contributed by atoms with van der Waals surface area (Å²) in [7, 11) is 1.58. The van der Waals surface area contributed by atoms with Crippen LogP contribution in [0.15, 0.2) is 18.2 Å². The Morgan fingerprint density at radius 3 is 2.64 bits per heavy atom. The predicted octanol–water partition coefficient (Wildman–Crippen LogP) is 2.27. The van der Waals surface area contributed by atoms with E-state index in [0.717, 1.165) is 11.3 Å². The fraction of sp³-hybridized carbons (Fsp3) is 0.529.